The molecule has 0 aliphatic rings. The van der Waals surface area contributed by atoms with Gasteiger partial charge in [0.15, 0.2) is 0 Å². The average Bonchev–Trinajstić information content (AvgIpc) is 2.45. The molecule has 1 heterocycles. The number of pyridine rings is 1. The van der Waals surface area contributed by atoms with Gasteiger partial charge in [0, 0.05) is 17.6 Å². The van der Waals surface area contributed by atoms with Crippen molar-refractivity contribution in [1.29, 1.82) is 0 Å². The highest BCUT2D eigenvalue weighted by Crippen LogP contribution is 2.23. The van der Waals surface area contributed by atoms with Crippen LogP contribution in [0.2, 0.25) is 0 Å². The van der Waals surface area contributed by atoms with Gasteiger partial charge in [-0.3, -0.25) is 10.3 Å². The van der Waals surface area contributed by atoms with Crippen LogP contribution in [0.3, 0.4) is 0 Å². The third-order valence-electron chi connectivity index (χ3n) is 3.61. The van der Waals surface area contributed by atoms with E-state index in [1.807, 2.05) is 18.2 Å². The summed E-state index contributed by atoms with van der Waals surface area (Å²) in [7, 11) is 0. The lowest BCUT2D eigenvalue weighted by molar-refractivity contribution is 0.0303. The van der Waals surface area contributed by atoms with Crippen LogP contribution >= 0.6 is 0 Å². The van der Waals surface area contributed by atoms with Gasteiger partial charge in [0.25, 0.3) is 0 Å². The van der Waals surface area contributed by atoms with Gasteiger partial charge in [0.1, 0.15) is 5.72 Å². The zero-order valence-corrected chi connectivity index (χ0v) is 13.1. The van der Waals surface area contributed by atoms with Gasteiger partial charge >= 0.3 is 5.97 Å². The zero-order chi connectivity index (χ0) is 16.3. The van der Waals surface area contributed by atoms with E-state index in [4.69, 9.17) is 0 Å². The standard InChI is InChI=1S/C17H22N2O3/c1-4-12(19-17(2,3)22)10-11-7-8-14(16(20)21)15-13(11)6-5-9-18-15/h5-9,12,19,22H,4,10H2,1-3H3,(H,20,21). The number of rotatable bonds is 6. The molecule has 5 nitrogen and oxygen atoms in total. The Morgan fingerprint density at radius 3 is 2.68 bits per heavy atom. The Morgan fingerprint density at radius 1 is 1.36 bits per heavy atom. The minimum atomic E-state index is -0.975. The molecule has 1 aromatic carbocycles. The van der Waals surface area contributed by atoms with Crippen molar-refractivity contribution in [2.75, 3.05) is 0 Å². The normalized spacial score (nSPS) is 13.3. The van der Waals surface area contributed by atoms with Crippen LogP contribution in [0.5, 0.6) is 0 Å². The smallest absolute Gasteiger partial charge is 0.337 e. The van der Waals surface area contributed by atoms with Crippen LogP contribution in [0.1, 0.15) is 43.1 Å². The lowest BCUT2D eigenvalue weighted by atomic mass is 9.96. The molecule has 0 saturated heterocycles. The molecule has 2 aromatic rings. The number of fused-ring (bicyclic) bond motifs is 1. The van der Waals surface area contributed by atoms with E-state index in [9.17, 15) is 15.0 Å². The fourth-order valence-electron chi connectivity index (χ4n) is 2.64. The van der Waals surface area contributed by atoms with Gasteiger partial charge in [0.2, 0.25) is 0 Å². The fraction of sp³-hybridized carbons (Fsp3) is 0.412. The summed E-state index contributed by atoms with van der Waals surface area (Å²) in [6.45, 7) is 5.47. The van der Waals surface area contributed by atoms with Gasteiger partial charge in [-0.1, -0.05) is 19.1 Å². The average molecular weight is 302 g/mol. The Balaban J connectivity index is 2.40. The van der Waals surface area contributed by atoms with Crippen molar-refractivity contribution in [3.8, 4) is 0 Å². The van der Waals surface area contributed by atoms with Crippen molar-refractivity contribution in [1.82, 2.24) is 10.3 Å². The van der Waals surface area contributed by atoms with E-state index in [-0.39, 0.29) is 11.6 Å². The summed E-state index contributed by atoms with van der Waals surface area (Å²) >= 11 is 0. The van der Waals surface area contributed by atoms with E-state index in [0.717, 1.165) is 17.4 Å². The number of hydrogen-bond acceptors (Lipinski definition) is 4. The predicted octanol–water partition coefficient (Wildman–Crippen LogP) is 2.57. The van der Waals surface area contributed by atoms with Crippen LogP contribution in [0.25, 0.3) is 10.9 Å². The minimum absolute atomic E-state index is 0.0964. The van der Waals surface area contributed by atoms with E-state index in [1.165, 1.54) is 0 Å². The number of carbonyl (C=O) groups is 1. The fourth-order valence-corrected chi connectivity index (χ4v) is 2.64. The molecule has 0 fully saturated rings. The second-order valence-corrected chi connectivity index (χ2v) is 5.99. The number of nitrogens with one attached hydrogen (secondary N) is 1. The Labute approximate surface area is 130 Å². The first-order valence-corrected chi connectivity index (χ1v) is 7.42. The number of hydrogen-bond donors (Lipinski definition) is 3. The van der Waals surface area contributed by atoms with Gasteiger partial charge in [-0.2, -0.15) is 0 Å². The number of nitrogens with zero attached hydrogens (tertiary/aromatic N) is 1. The molecule has 118 valence electrons. The first-order valence-electron chi connectivity index (χ1n) is 7.42. The molecule has 0 amide bonds. The largest absolute Gasteiger partial charge is 0.478 e. The summed E-state index contributed by atoms with van der Waals surface area (Å²) in [6, 6.07) is 7.23. The Kier molecular flexibility index (Phi) is 4.78. The summed E-state index contributed by atoms with van der Waals surface area (Å²) in [6.07, 6.45) is 3.15. The molecule has 1 unspecified atom stereocenters. The molecule has 1 atom stereocenters. The van der Waals surface area contributed by atoms with E-state index in [2.05, 4.69) is 17.2 Å². The van der Waals surface area contributed by atoms with Crippen LogP contribution in [0.15, 0.2) is 30.5 Å². The first-order chi connectivity index (χ1) is 10.3. The lowest BCUT2D eigenvalue weighted by Crippen LogP contribution is -2.46. The number of aliphatic hydroxyl groups is 1. The molecule has 2 rings (SSSR count). The topological polar surface area (TPSA) is 82.5 Å². The number of benzene rings is 1. The first kappa shape index (κ1) is 16.4. The van der Waals surface area contributed by atoms with Crippen molar-refractivity contribution in [2.45, 2.75) is 45.4 Å². The highest BCUT2D eigenvalue weighted by molar-refractivity contribution is 6.02. The molecular weight excluding hydrogens is 280 g/mol. The Hall–Kier alpha value is -1.98. The van der Waals surface area contributed by atoms with Crippen molar-refractivity contribution in [2.24, 2.45) is 0 Å². The summed E-state index contributed by atoms with van der Waals surface area (Å²) in [5.74, 6) is -0.975. The molecule has 0 spiro atoms. The highest BCUT2D eigenvalue weighted by Gasteiger charge is 2.19. The minimum Gasteiger partial charge on any atom is -0.478 e. The predicted molar refractivity (Wildman–Crippen MR) is 85.9 cm³/mol. The second-order valence-electron chi connectivity index (χ2n) is 5.99. The molecule has 1 aromatic heterocycles. The van der Waals surface area contributed by atoms with Crippen molar-refractivity contribution < 1.29 is 15.0 Å². The Bertz CT molecular complexity index is 677. The third-order valence-corrected chi connectivity index (χ3v) is 3.61. The van der Waals surface area contributed by atoms with Gasteiger partial charge in [0.05, 0.1) is 11.1 Å². The van der Waals surface area contributed by atoms with Gasteiger partial charge in [-0.15, -0.1) is 0 Å². The van der Waals surface area contributed by atoms with E-state index in [0.29, 0.717) is 11.9 Å². The van der Waals surface area contributed by atoms with Crippen LogP contribution in [-0.2, 0) is 6.42 Å². The molecular formula is C17H22N2O3. The maximum absolute atomic E-state index is 11.3. The summed E-state index contributed by atoms with van der Waals surface area (Å²) in [5, 5.41) is 23.2. The molecule has 0 radical (unpaired) electrons. The van der Waals surface area contributed by atoms with Crippen LogP contribution < -0.4 is 5.32 Å². The van der Waals surface area contributed by atoms with Crippen LogP contribution in [0, 0.1) is 0 Å². The van der Waals surface area contributed by atoms with Gasteiger partial charge in [-0.05, 0) is 44.4 Å². The summed E-state index contributed by atoms with van der Waals surface area (Å²) in [5.41, 5.74) is 0.792. The Morgan fingerprint density at radius 2 is 2.09 bits per heavy atom. The highest BCUT2D eigenvalue weighted by atomic mass is 16.4. The number of carboxylic acids is 1. The van der Waals surface area contributed by atoms with Crippen molar-refractivity contribution in [3.05, 3.63) is 41.6 Å². The monoisotopic (exact) mass is 302 g/mol. The van der Waals surface area contributed by atoms with Crippen LogP contribution in [-0.4, -0.2) is 32.9 Å². The maximum Gasteiger partial charge on any atom is 0.337 e. The van der Waals surface area contributed by atoms with E-state index >= 15 is 0 Å². The lowest BCUT2D eigenvalue weighted by Gasteiger charge is -2.27. The summed E-state index contributed by atoms with van der Waals surface area (Å²) < 4.78 is 0. The van der Waals surface area contributed by atoms with E-state index in [1.54, 1.807) is 26.1 Å². The van der Waals surface area contributed by atoms with E-state index < -0.39 is 11.7 Å². The van der Waals surface area contributed by atoms with Crippen LogP contribution in [0.4, 0.5) is 0 Å². The molecule has 5 heteroatoms. The summed E-state index contributed by atoms with van der Waals surface area (Å²) in [4.78, 5) is 15.5. The molecule has 22 heavy (non-hydrogen) atoms. The number of aromatic carboxylic acids is 1. The molecule has 0 saturated carbocycles. The number of carboxylic acid groups (broad SMARTS) is 1. The molecule has 0 bridgehead atoms. The molecule has 0 aliphatic heterocycles. The number of aromatic nitrogens is 1. The second kappa shape index (κ2) is 6.42. The maximum atomic E-state index is 11.3. The molecule has 0 aliphatic carbocycles. The van der Waals surface area contributed by atoms with Crippen molar-refractivity contribution in [3.63, 3.8) is 0 Å². The SMILES string of the molecule is CCC(Cc1ccc(C(=O)O)c2ncccc12)NC(C)(C)O. The quantitative estimate of drug-likeness (QED) is 0.714. The molecule has 3 N–H and O–H groups in total. The van der Waals surface area contributed by atoms with Gasteiger partial charge < -0.3 is 10.2 Å². The van der Waals surface area contributed by atoms with Gasteiger partial charge in [-0.25, -0.2) is 4.79 Å². The zero-order valence-electron chi connectivity index (χ0n) is 13.1. The van der Waals surface area contributed by atoms with Crippen molar-refractivity contribution >= 4 is 16.9 Å². The third kappa shape index (κ3) is 3.81.